The van der Waals surface area contributed by atoms with E-state index in [9.17, 15) is 9.59 Å². The zero-order valence-electron chi connectivity index (χ0n) is 14.4. The fourth-order valence-electron chi connectivity index (χ4n) is 2.61. The van der Waals surface area contributed by atoms with E-state index in [0.29, 0.717) is 25.6 Å². The number of ether oxygens (including phenoxy) is 2. The lowest BCUT2D eigenvalue weighted by Crippen LogP contribution is -2.43. The number of rotatable bonds is 6. The van der Waals surface area contributed by atoms with Gasteiger partial charge in [-0.05, 0) is 24.1 Å². The van der Waals surface area contributed by atoms with Crippen LogP contribution in [0.5, 0.6) is 11.5 Å². The molecule has 0 radical (unpaired) electrons. The molecule has 142 valence electrons. The zero-order valence-corrected chi connectivity index (χ0v) is 16.7. The third-order valence-electron chi connectivity index (χ3n) is 3.93. The Morgan fingerprint density at radius 2 is 2.00 bits per heavy atom. The monoisotopic (exact) mass is 475 g/mol. The summed E-state index contributed by atoms with van der Waals surface area (Å²) in [7, 11) is 1.67. The molecule has 3 rings (SSSR count). The molecule has 0 spiro atoms. The molecule has 0 saturated carbocycles. The smallest absolute Gasteiger partial charge is 0.324 e. The molecule has 0 unspecified atom stereocenters. The van der Waals surface area contributed by atoms with Crippen molar-refractivity contribution in [2.24, 2.45) is 4.99 Å². The number of benzene rings is 1. The van der Waals surface area contributed by atoms with Gasteiger partial charge in [-0.15, -0.1) is 24.0 Å². The highest BCUT2D eigenvalue weighted by Gasteiger charge is 2.27. The molecule has 2 aliphatic rings. The summed E-state index contributed by atoms with van der Waals surface area (Å²) in [6.07, 6.45) is 0.796. The van der Waals surface area contributed by atoms with Gasteiger partial charge in [-0.2, -0.15) is 0 Å². The van der Waals surface area contributed by atoms with Crippen LogP contribution in [0.2, 0.25) is 0 Å². The van der Waals surface area contributed by atoms with Crippen molar-refractivity contribution in [1.29, 1.82) is 0 Å². The second kappa shape index (κ2) is 9.46. The van der Waals surface area contributed by atoms with Gasteiger partial charge < -0.3 is 25.4 Å². The highest BCUT2D eigenvalue weighted by molar-refractivity contribution is 14.0. The van der Waals surface area contributed by atoms with Crippen LogP contribution < -0.4 is 25.4 Å². The Labute approximate surface area is 168 Å². The van der Waals surface area contributed by atoms with Gasteiger partial charge in [-0.3, -0.25) is 14.7 Å². The predicted octanol–water partition coefficient (Wildman–Crippen LogP) is 0.293. The molecule has 1 aromatic rings. The number of guanidine groups is 1. The van der Waals surface area contributed by atoms with Gasteiger partial charge in [0.1, 0.15) is 0 Å². The molecule has 0 atom stereocenters. The van der Waals surface area contributed by atoms with E-state index in [2.05, 4.69) is 20.9 Å². The van der Waals surface area contributed by atoms with E-state index < -0.39 is 0 Å². The van der Waals surface area contributed by atoms with Crippen molar-refractivity contribution in [3.05, 3.63) is 23.8 Å². The molecule has 3 N–H and O–H groups in total. The fraction of sp³-hybridized carbons (Fsp3) is 0.438. The minimum atomic E-state index is -0.349. The third-order valence-corrected chi connectivity index (χ3v) is 3.93. The molecule has 1 saturated heterocycles. The molecule has 1 aromatic carbocycles. The van der Waals surface area contributed by atoms with E-state index in [1.54, 1.807) is 7.05 Å². The van der Waals surface area contributed by atoms with Crippen molar-refractivity contribution < 1.29 is 19.1 Å². The summed E-state index contributed by atoms with van der Waals surface area (Å²) in [5, 5.41) is 8.77. The van der Waals surface area contributed by atoms with Crippen LogP contribution in [0.25, 0.3) is 0 Å². The Kier molecular flexibility index (Phi) is 7.30. The van der Waals surface area contributed by atoms with Crippen molar-refractivity contribution in [2.45, 2.75) is 6.42 Å². The van der Waals surface area contributed by atoms with Gasteiger partial charge in [0.15, 0.2) is 17.5 Å². The zero-order chi connectivity index (χ0) is 17.6. The predicted molar refractivity (Wildman–Crippen MR) is 106 cm³/mol. The summed E-state index contributed by atoms with van der Waals surface area (Å²) in [4.78, 5) is 28.2. The third kappa shape index (κ3) is 4.90. The fourth-order valence-corrected chi connectivity index (χ4v) is 2.61. The van der Waals surface area contributed by atoms with E-state index in [-0.39, 0.29) is 49.3 Å². The summed E-state index contributed by atoms with van der Waals surface area (Å²) < 4.78 is 10.7. The number of nitrogens with zero attached hydrogens (tertiary/aromatic N) is 2. The van der Waals surface area contributed by atoms with Crippen molar-refractivity contribution in [2.75, 3.05) is 40.0 Å². The van der Waals surface area contributed by atoms with Crippen LogP contribution in [-0.4, -0.2) is 62.8 Å². The number of hydrogen-bond acceptors (Lipinski definition) is 5. The number of urea groups is 1. The Hall–Kier alpha value is -2.24. The summed E-state index contributed by atoms with van der Waals surface area (Å²) >= 11 is 0. The van der Waals surface area contributed by atoms with Crippen LogP contribution in [0.3, 0.4) is 0 Å². The standard InChI is InChI=1S/C16H21N5O4.HI/c1-17-15(19-6-7-21-14(22)9-20-16(21)23)18-5-4-11-2-3-12-13(8-11)25-10-24-12;/h2-3,8H,4-7,9-10H2,1H3,(H,20,23)(H2,17,18,19);1H. The lowest BCUT2D eigenvalue weighted by Gasteiger charge is -2.15. The quantitative estimate of drug-likeness (QED) is 0.237. The molecule has 0 bridgehead atoms. The Balaban J connectivity index is 0.00000243. The number of fused-ring (bicyclic) bond motifs is 1. The Morgan fingerprint density at radius 3 is 2.73 bits per heavy atom. The molecule has 3 amide bonds. The van der Waals surface area contributed by atoms with Crippen LogP contribution >= 0.6 is 24.0 Å². The van der Waals surface area contributed by atoms with Crippen molar-refractivity contribution >= 4 is 41.9 Å². The molecular formula is C16H22IN5O4. The van der Waals surface area contributed by atoms with Crippen LogP contribution in [0.15, 0.2) is 23.2 Å². The van der Waals surface area contributed by atoms with Crippen LogP contribution in [0.4, 0.5) is 4.79 Å². The van der Waals surface area contributed by atoms with E-state index >= 15 is 0 Å². The van der Waals surface area contributed by atoms with Gasteiger partial charge in [0, 0.05) is 26.7 Å². The first kappa shape index (κ1) is 20.1. The van der Waals surface area contributed by atoms with Gasteiger partial charge in [0.05, 0.1) is 6.54 Å². The maximum absolute atomic E-state index is 11.5. The second-order valence-corrected chi connectivity index (χ2v) is 5.57. The second-order valence-electron chi connectivity index (χ2n) is 5.57. The maximum Gasteiger partial charge on any atom is 0.324 e. The molecular weight excluding hydrogens is 453 g/mol. The number of carbonyl (C=O) groups is 2. The first-order valence-corrected chi connectivity index (χ1v) is 8.08. The number of hydrogen-bond donors (Lipinski definition) is 3. The highest BCUT2D eigenvalue weighted by Crippen LogP contribution is 2.32. The van der Waals surface area contributed by atoms with Crippen LogP contribution in [0.1, 0.15) is 5.56 Å². The number of halogens is 1. The SMILES string of the molecule is CN=C(NCCc1ccc2c(c1)OCO2)NCCN1C(=O)CNC1=O.I. The molecule has 2 aliphatic heterocycles. The first-order valence-electron chi connectivity index (χ1n) is 8.08. The Bertz CT molecular complexity index is 681. The molecule has 2 heterocycles. The maximum atomic E-state index is 11.5. The number of nitrogens with one attached hydrogen (secondary N) is 3. The topological polar surface area (TPSA) is 104 Å². The van der Waals surface area contributed by atoms with Crippen LogP contribution in [0, 0.1) is 0 Å². The molecule has 9 nitrogen and oxygen atoms in total. The summed E-state index contributed by atoms with van der Waals surface area (Å²) in [5.41, 5.74) is 1.13. The lowest BCUT2D eigenvalue weighted by atomic mass is 10.1. The van der Waals surface area contributed by atoms with Crippen molar-refractivity contribution in [3.63, 3.8) is 0 Å². The van der Waals surface area contributed by atoms with Gasteiger partial charge in [-0.25, -0.2) is 4.79 Å². The van der Waals surface area contributed by atoms with Gasteiger partial charge in [-0.1, -0.05) is 6.07 Å². The van der Waals surface area contributed by atoms with Gasteiger partial charge >= 0.3 is 6.03 Å². The van der Waals surface area contributed by atoms with E-state index in [1.165, 1.54) is 4.90 Å². The Morgan fingerprint density at radius 1 is 1.23 bits per heavy atom. The van der Waals surface area contributed by atoms with Crippen molar-refractivity contribution in [1.82, 2.24) is 20.9 Å². The molecule has 10 heteroatoms. The summed E-state index contributed by atoms with van der Waals surface area (Å²) in [6, 6.07) is 5.53. The van der Waals surface area contributed by atoms with Gasteiger partial charge in [0.25, 0.3) is 0 Å². The first-order chi connectivity index (χ1) is 12.2. The number of carbonyl (C=O) groups excluding carboxylic acids is 2. The van der Waals surface area contributed by atoms with Crippen molar-refractivity contribution in [3.8, 4) is 11.5 Å². The summed E-state index contributed by atoms with van der Waals surface area (Å²) in [6.45, 7) is 1.76. The normalized spacial score (nSPS) is 15.6. The van der Waals surface area contributed by atoms with Gasteiger partial charge in [0.2, 0.25) is 12.7 Å². The van der Waals surface area contributed by atoms with Crippen LogP contribution in [-0.2, 0) is 11.2 Å². The lowest BCUT2D eigenvalue weighted by molar-refractivity contribution is -0.124. The summed E-state index contributed by atoms with van der Waals surface area (Å²) in [5.74, 6) is 1.95. The molecule has 1 fully saturated rings. The average molecular weight is 475 g/mol. The van der Waals surface area contributed by atoms with E-state index in [0.717, 1.165) is 23.5 Å². The molecule has 0 aliphatic carbocycles. The average Bonchev–Trinajstić information content (AvgIpc) is 3.20. The molecule has 26 heavy (non-hydrogen) atoms. The largest absolute Gasteiger partial charge is 0.454 e. The van der Waals surface area contributed by atoms with E-state index in [1.807, 2.05) is 18.2 Å². The number of amides is 3. The minimum absolute atomic E-state index is 0. The minimum Gasteiger partial charge on any atom is -0.454 e. The highest BCUT2D eigenvalue weighted by atomic mass is 127. The van der Waals surface area contributed by atoms with E-state index in [4.69, 9.17) is 9.47 Å². The number of imide groups is 1. The molecule has 0 aromatic heterocycles. The number of aliphatic imine (C=N–C) groups is 1.